The van der Waals surface area contributed by atoms with Gasteiger partial charge in [-0.25, -0.2) is 0 Å². The molecule has 2 aliphatic carbocycles. The molecule has 3 heteroatoms. The standard InChI is InChI=1S/C20H33NO2/c1-21-16-9-10-18(21)19(20(22)23-2)17(12-16)15-8-7-13-5-3-4-6-14(13)11-15/h13-19H,3-12H2,1-2H3/t13?,14?,15?,16?,17-,18?,19+/m1/s1. The van der Waals surface area contributed by atoms with Crippen molar-refractivity contribution in [2.24, 2.45) is 29.6 Å². The van der Waals surface area contributed by atoms with Crippen LogP contribution in [0.25, 0.3) is 0 Å². The van der Waals surface area contributed by atoms with E-state index in [0.29, 0.717) is 12.0 Å². The number of fused-ring (bicyclic) bond motifs is 3. The van der Waals surface area contributed by atoms with Crippen LogP contribution in [0.1, 0.15) is 64.2 Å². The molecule has 4 fully saturated rings. The van der Waals surface area contributed by atoms with Gasteiger partial charge in [0.25, 0.3) is 0 Å². The van der Waals surface area contributed by atoms with Gasteiger partial charge in [0.05, 0.1) is 13.0 Å². The van der Waals surface area contributed by atoms with E-state index >= 15 is 0 Å². The second kappa shape index (κ2) is 6.38. The summed E-state index contributed by atoms with van der Waals surface area (Å²) in [5, 5.41) is 0. The smallest absolute Gasteiger partial charge is 0.310 e. The van der Waals surface area contributed by atoms with E-state index in [4.69, 9.17) is 4.74 Å². The van der Waals surface area contributed by atoms with Gasteiger partial charge in [0.1, 0.15) is 0 Å². The van der Waals surface area contributed by atoms with Crippen molar-refractivity contribution in [1.82, 2.24) is 4.90 Å². The van der Waals surface area contributed by atoms with Crippen molar-refractivity contribution in [3.05, 3.63) is 0 Å². The molecule has 4 rings (SSSR count). The fourth-order valence-corrected chi connectivity index (χ4v) is 6.76. The second-order valence-corrected chi connectivity index (χ2v) is 8.79. The number of piperidine rings is 1. The van der Waals surface area contributed by atoms with E-state index in [0.717, 1.165) is 23.8 Å². The topological polar surface area (TPSA) is 29.5 Å². The normalized spacial score (nSPS) is 47.1. The van der Waals surface area contributed by atoms with Crippen LogP contribution in [0, 0.1) is 29.6 Å². The first-order chi connectivity index (χ1) is 11.2. The van der Waals surface area contributed by atoms with E-state index in [2.05, 4.69) is 11.9 Å². The molecule has 3 nitrogen and oxygen atoms in total. The highest BCUT2D eigenvalue weighted by molar-refractivity contribution is 5.74. The largest absolute Gasteiger partial charge is 0.469 e. The number of esters is 1. The summed E-state index contributed by atoms with van der Waals surface area (Å²) in [6, 6.07) is 1.16. The maximum Gasteiger partial charge on any atom is 0.310 e. The van der Waals surface area contributed by atoms with Crippen LogP contribution in [0.2, 0.25) is 0 Å². The Hall–Kier alpha value is -0.570. The lowest BCUT2D eigenvalue weighted by Gasteiger charge is -2.48. The summed E-state index contributed by atoms with van der Waals surface area (Å²) in [5.74, 6) is 3.51. The molecule has 2 aliphatic heterocycles. The lowest BCUT2D eigenvalue weighted by Crippen LogP contribution is -2.52. The number of carbonyl (C=O) groups is 1. The zero-order valence-corrected chi connectivity index (χ0v) is 14.9. The van der Waals surface area contributed by atoms with Crippen LogP contribution in [-0.2, 0) is 9.53 Å². The van der Waals surface area contributed by atoms with Crippen molar-refractivity contribution in [3.8, 4) is 0 Å². The minimum Gasteiger partial charge on any atom is -0.469 e. The Bertz CT molecular complexity index is 451. The summed E-state index contributed by atoms with van der Waals surface area (Å²) >= 11 is 0. The molecule has 0 aromatic rings. The Labute approximate surface area is 141 Å². The fourth-order valence-electron chi connectivity index (χ4n) is 6.76. The van der Waals surface area contributed by atoms with Gasteiger partial charge in [0, 0.05) is 12.1 Å². The second-order valence-electron chi connectivity index (χ2n) is 8.79. The van der Waals surface area contributed by atoms with Gasteiger partial charge < -0.3 is 4.74 Å². The van der Waals surface area contributed by atoms with E-state index in [9.17, 15) is 4.79 Å². The lowest BCUT2D eigenvalue weighted by atomic mass is 9.61. The number of rotatable bonds is 2. The fraction of sp³-hybridized carbons (Fsp3) is 0.950. The Kier molecular flexibility index (Phi) is 4.42. The van der Waals surface area contributed by atoms with Gasteiger partial charge >= 0.3 is 5.97 Å². The highest BCUT2D eigenvalue weighted by Crippen LogP contribution is 2.51. The highest BCUT2D eigenvalue weighted by Gasteiger charge is 2.52. The number of ether oxygens (including phenoxy) is 1. The summed E-state index contributed by atoms with van der Waals surface area (Å²) < 4.78 is 5.25. The minimum absolute atomic E-state index is 0.0676. The van der Waals surface area contributed by atoms with Gasteiger partial charge in [-0.1, -0.05) is 25.7 Å². The van der Waals surface area contributed by atoms with E-state index in [1.165, 1.54) is 64.2 Å². The third-order valence-corrected chi connectivity index (χ3v) is 7.97. The van der Waals surface area contributed by atoms with Crippen LogP contribution < -0.4 is 0 Å². The van der Waals surface area contributed by atoms with Gasteiger partial charge in [-0.3, -0.25) is 9.69 Å². The summed E-state index contributed by atoms with van der Waals surface area (Å²) in [6.45, 7) is 0. The first kappa shape index (κ1) is 15.9. The summed E-state index contributed by atoms with van der Waals surface area (Å²) in [6.07, 6.45) is 13.7. The summed E-state index contributed by atoms with van der Waals surface area (Å²) in [4.78, 5) is 15.1. The van der Waals surface area contributed by atoms with Gasteiger partial charge in [-0.15, -0.1) is 0 Å². The van der Waals surface area contributed by atoms with Crippen molar-refractivity contribution in [1.29, 1.82) is 0 Å². The number of hydrogen-bond donors (Lipinski definition) is 0. The molecule has 7 atom stereocenters. The highest BCUT2D eigenvalue weighted by atomic mass is 16.5. The third kappa shape index (κ3) is 2.73. The van der Waals surface area contributed by atoms with Gasteiger partial charge in [0.2, 0.25) is 0 Å². The van der Waals surface area contributed by atoms with Crippen molar-refractivity contribution >= 4 is 5.97 Å². The quantitative estimate of drug-likeness (QED) is 0.724. The molecule has 2 bridgehead atoms. The predicted octanol–water partition coefficient (Wildman–Crippen LogP) is 3.86. The SMILES string of the molecule is COC(=O)[C@@H]1C2CCC(C[C@@H]1C1CCC3CCCCC3C1)N2C. The van der Waals surface area contributed by atoms with Crippen LogP contribution in [0.3, 0.4) is 0 Å². The average Bonchev–Trinajstić information content (AvgIpc) is 2.83. The number of nitrogens with zero attached hydrogens (tertiary/aromatic N) is 1. The first-order valence-corrected chi connectivity index (χ1v) is 9.98. The van der Waals surface area contributed by atoms with Crippen LogP contribution in [-0.4, -0.2) is 37.1 Å². The number of methoxy groups -OCH3 is 1. The summed E-state index contributed by atoms with van der Waals surface area (Å²) in [5.41, 5.74) is 0. The van der Waals surface area contributed by atoms with E-state index in [1.807, 2.05) is 0 Å². The third-order valence-electron chi connectivity index (χ3n) is 7.97. The molecule has 0 radical (unpaired) electrons. The first-order valence-electron chi connectivity index (χ1n) is 9.98. The molecule has 130 valence electrons. The van der Waals surface area contributed by atoms with E-state index < -0.39 is 0 Å². The Morgan fingerprint density at radius 3 is 2.43 bits per heavy atom. The maximum atomic E-state index is 12.6. The molecule has 5 unspecified atom stereocenters. The zero-order valence-electron chi connectivity index (χ0n) is 14.9. The van der Waals surface area contributed by atoms with Gasteiger partial charge in [-0.05, 0) is 69.2 Å². The number of hydrogen-bond acceptors (Lipinski definition) is 3. The predicted molar refractivity (Wildman–Crippen MR) is 91.0 cm³/mol. The Morgan fingerprint density at radius 2 is 1.65 bits per heavy atom. The maximum absolute atomic E-state index is 12.6. The van der Waals surface area contributed by atoms with Crippen molar-refractivity contribution in [2.45, 2.75) is 76.3 Å². The van der Waals surface area contributed by atoms with Crippen molar-refractivity contribution in [2.75, 3.05) is 14.2 Å². The molecular formula is C20H33NO2. The molecule has 0 N–H and O–H groups in total. The molecule has 4 aliphatic rings. The molecule has 0 aromatic heterocycles. The van der Waals surface area contributed by atoms with Crippen LogP contribution in [0.4, 0.5) is 0 Å². The molecule has 0 aromatic carbocycles. The van der Waals surface area contributed by atoms with Crippen LogP contribution in [0.15, 0.2) is 0 Å². The molecule has 2 heterocycles. The van der Waals surface area contributed by atoms with E-state index in [-0.39, 0.29) is 11.9 Å². The Balaban J connectivity index is 1.53. The molecule has 23 heavy (non-hydrogen) atoms. The van der Waals surface area contributed by atoms with E-state index in [1.54, 1.807) is 7.11 Å². The zero-order chi connectivity index (χ0) is 16.0. The van der Waals surface area contributed by atoms with Gasteiger partial charge in [-0.2, -0.15) is 0 Å². The summed E-state index contributed by atoms with van der Waals surface area (Å²) in [7, 11) is 3.81. The minimum atomic E-state index is 0.0676. The van der Waals surface area contributed by atoms with Crippen molar-refractivity contribution < 1.29 is 9.53 Å². The monoisotopic (exact) mass is 319 g/mol. The molecule has 2 saturated heterocycles. The molecule has 0 spiro atoms. The Morgan fingerprint density at radius 1 is 0.913 bits per heavy atom. The van der Waals surface area contributed by atoms with Crippen LogP contribution in [0.5, 0.6) is 0 Å². The van der Waals surface area contributed by atoms with Crippen molar-refractivity contribution in [3.63, 3.8) is 0 Å². The molecule has 2 saturated carbocycles. The average molecular weight is 319 g/mol. The molecular weight excluding hydrogens is 286 g/mol. The number of carbonyl (C=O) groups excluding carboxylic acids is 1. The lowest BCUT2D eigenvalue weighted by molar-refractivity contribution is -0.154. The molecule has 0 amide bonds. The van der Waals surface area contributed by atoms with Gasteiger partial charge in [0.15, 0.2) is 0 Å². The van der Waals surface area contributed by atoms with Crippen LogP contribution >= 0.6 is 0 Å².